The van der Waals surface area contributed by atoms with E-state index >= 15 is 0 Å². The summed E-state index contributed by atoms with van der Waals surface area (Å²) >= 11 is 1.56. The smallest absolute Gasteiger partial charge is 0.258 e. The van der Waals surface area contributed by atoms with Gasteiger partial charge in [0.2, 0.25) is 5.88 Å². The molecule has 1 aromatic carbocycles. The number of nitrogens with one attached hydrogen (secondary N) is 1. The van der Waals surface area contributed by atoms with E-state index in [4.69, 9.17) is 9.47 Å². The molecule has 2 heterocycles. The van der Waals surface area contributed by atoms with Crippen molar-refractivity contribution in [2.24, 2.45) is 0 Å². The van der Waals surface area contributed by atoms with Crippen molar-refractivity contribution < 1.29 is 14.3 Å². The molecule has 0 saturated carbocycles. The first-order valence-corrected chi connectivity index (χ1v) is 8.50. The average molecular weight is 355 g/mol. The second kappa shape index (κ2) is 8.25. The van der Waals surface area contributed by atoms with Gasteiger partial charge in [0.05, 0.1) is 11.6 Å². The van der Waals surface area contributed by atoms with Gasteiger partial charge in [-0.05, 0) is 37.3 Å². The Morgan fingerprint density at radius 3 is 2.60 bits per heavy atom. The summed E-state index contributed by atoms with van der Waals surface area (Å²) in [7, 11) is 0. The minimum atomic E-state index is -0.181. The predicted molar refractivity (Wildman–Crippen MR) is 94.9 cm³/mol. The summed E-state index contributed by atoms with van der Waals surface area (Å²) in [5.74, 6) is 1.59. The van der Waals surface area contributed by atoms with Gasteiger partial charge in [-0.3, -0.25) is 4.79 Å². The van der Waals surface area contributed by atoms with Crippen LogP contribution in [0.15, 0.2) is 54.9 Å². The summed E-state index contributed by atoms with van der Waals surface area (Å²) in [5, 5.41) is 3.78. The molecule has 1 N–H and O–H groups in total. The van der Waals surface area contributed by atoms with Crippen molar-refractivity contribution in [1.82, 2.24) is 15.3 Å². The van der Waals surface area contributed by atoms with Crippen LogP contribution in [0.2, 0.25) is 0 Å². The van der Waals surface area contributed by atoms with Crippen LogP contribution < -0.4 is 14.8 Å². The van der Waals surface area contributed by atoms with Crippen LogP contribution in [0.4, 0.5) is 0 Å². The minimum Gasteiger partial charge on any atom is -0.484 e. The van der Waals surface area contributed by atoms with E-state index < -0.39 is 0 Å². The number of carbonyl (C=O) groups excluding carboxylic acids is 1. The van der Waals surface area contributed by atoms with Crippen molar-refractivity contribution in [3.05, 3.63) is 64.7 Å². The highest BCUT2D eigenvalue weighted by Crippen LogP contribution is 2.22. The van der Waals surface area contributed by atoms with Gasteiger partial charge in [-0.2, -0.15) is 0 Å². The molecule has 0 bridgehead atoms. The third-order valence-corrected chi connectivity index (χ3v) is 4.10. The van der Waals surface area contributed by atoms with E-state index in [1.54, 1.807) is 54.1 Å². The maximum atomic E-state index is 11.8. The number of pyridine rings is 1. The Bertz CT molecular complexity index is 819. The number of ether oxygens (including phenoxy) is 2. The lowest BCUT2D eigenvalue weighted by atomic mass is 10.3. The Morgan fingerprint density at radius 2 is 1.92 bits per heavy atom. The van der Waals surface area contributed by atoms with Crippen molar-refractivity contribution in [1.29, 1.82) is 0 Å². The average Bonchev–Trinajstić information content (AvgIpc) is 3.06. The molecule has 0 saturated heterocycles. The molecule has 0 aliphatic carbocycles. The van der Waals surface area contributed by atoms with Gasteiger partial charge < -0.3 is 14.8 Å². The molecule has 3 rings (SSSR count). The molecule has 7 heteroatoms. The fourth-order valence-corrected chi connectivity index (χ4v) is 2.74. The van der Waals surface area contributed by atoms with Crippen LogP contribution in [0.3, 0.4) is 0 Å². The number of amides is 1. The molecule has 0 atom stereocenters. The number of nitrogens with zero attached hydrogens (tertiary/aromatic N) is 2. The van der Waals surface area contributed by atoms with Crippen molar-refractivity contribution >= 4 is 17.2 Å². The first kappa shape index (κ1) is 16.9. The molecular formula is C18H17N3O3S. The molecule has 1 amide bonds. The summed E-state index contributed by atoms with van der Waals surface area (Å²) in [6.07, 6.45) is 3.43. The fourth-order valence-electron chi connectivity index (χ4n) is 2.00. The zero-order valence-electron chi connectivity index (χ0n) is 13.6. The number of aryl methyl sites for hydroxylation is 1. The molecule has 0 aliphatic heterocycles. The first-order chi connectivity index (χ1) is 12.2. The molecule has 0 unspecified atom stereocenters. The quantitative estimate of drug-likeness (QED) is 0.704. The molecular weight excluding hydrogens is 338 g/mol. The van der Waals surface area contributed by atoms with Crippen LogP contribution in [0.5, 0.6) is 17.4 Å². The monoisotopic (exact) mass is 355 g/mol. The number of rotatable bonds is 7. The zero-order valence-corrected chi connectivity index (χ0v) is 14.5. The second-order valence-corrected chi connectivity index (χ2v) is 6.47. The normalized spacial score (nSPS) is 10.3. The highest BCUT2D eigenvalue weighted by atomic mass is 32.1. The first-order valence-electron chi connectivity index (χ1n) is 7.69. The van der Waals surface area contributed by atoms with Gasteiger partial charge in [-0.1, -0.05) is 6.07 Å². The van der Waals surface area contributed by atoms with Gasteiger partial charge in [0.15, 0.2) is 6.61 Å². The molecule has 25 heavy (non-hydrogen) atoms. The maximum Gasteiger partial charge on any atom is 0.258 e. The topological polar surface area (TPSA) is 73.3 Å². The number of carbonyl (C=O) groups is 1. The minimum absolute atomic E-state index is 0.0434. The molecule has 6 nitrogen and oxygen atoms in total. The fraction of sp³-hybridized carbons (Fsp3) is 0.167. The lowest BCUT2D eigenvalue weighted by Crippen LogP contribution is -2.28. The summed E-state index contributed by atoms with van der Waals surface area (Å²) in [6, 6.07) is 12.5. The third-order valence-electron chi connectivity index (χ3n) is 3.18. The lowest BCUT2D eigenvalue weighted by Gasteiger charge is -2.08. The van der Waals surface area contributed by atoms with Crippen LogP contribution in [-0.4, -0.2) is 22.5 Å². The van der Waals surface area contributed by atoms with Crippen LogP contribution in [0.25, 0.3) is 0 Å². The Morgan fingerprint density at radius 1 is 1.12 bits per heavy atom. The van der Waals surface area contributed by atoms with Gasteiger partial charge in [-0.25, -0.2) is 9.97 Å². The van der Waals surface area contributed by atoms with E-state index in [1.807, 2.05) is 19.1 Å². The number of benzene rings is 1. The standard InChI is InChI=1S/C18H17N3O3S/c1-13-20-10-16(25-13)11-21-17(22)12-23-14-5-7-15(8-6-14)24-18-4-2-3-9-19-18/h2-10H,11-12H2,1H3,(H,21,22). The van der Waals surface area contributed by atoms with Crippen LogP contribution >= 0.6 is 11.3 Å². The van der Waals surface area contributed by atoms with E-state index in [1.165, 1.54) is 0 Å². The summed E-state index contributed by atoms with van der Waals surface area (Å²) in [6.45, 7) is 2.35. The van der Waals surface area contributed by atoms with Crippen molar-refractivity contribution in [3.8, 4) is 17.4 Å². The Kier molecular flexibility index (Phi) is 5.58. The third kappa shape index (κ3) is 5.29. The van der Waals surface area contributed by atoms with Crippen molar-refractivity contribution in [2.45, 2.75) is 13.5 Å². The Balaban J connectivity index is 1.44. The SMILES string of the molecule is Cc1ncc(CNC(=O)COc2ccc(Oc3ccccn3)cc2)s1. The maximum absolute atomic E-state index is 11.8. The summed E-state index contributed by atoms with van der Waals surface area (Å²) in [5.41, 5.74) is 0. The van der Waals surface area contributed by atoms with E-state index in [2.05, 4.69) is 15.3 Å². The molecule has 0 spiro atoms. The van der Waals surface area contributed by atoms with Crippen LogP contribution in [0, 0.1) is 6.92 Å². The zero-order chi connectivity index (χ0) is 17.5. The van der Waals surface area contributed by atoms with Gasteiger partial charge >= 0.3 is 0 Å². The van der Waals surface area contributed by atoms with E-state index in [0.29, 0.717) is 23.9 Å². The van der Waals surface area contributed by atoms with Gasteiger partial charge in [0, 0.05) is 23.3 Å². The number of hydrogen-bond donors (Lipinski definition) is 1. The highest BCUT2D eigenvalue weighted by Gasteiger charge is 2.05. The highest BCUT2D eigenvalue weighted by molar-refractivity contribution is 7.11. The predicted octanol–water partition coefficient (Wildman–Crippen LogP) is 3.33. The number of thiazole rings is 1. The Hall–Kier alpha value is -2.93. The summed E-state index contributed by atoms with van der Waals surface area (Å²) < 4.78 is 11.1. The largest absolute Gasteiger partial charge is 0.484 e. The molecule has 0 aliphatic rings. The summed E-state index contributed by atoms with van der Waals surface area (Å²) in [4.78, 5) is 21.1. The van der Waals surface area contributed by atoms with E-state index in [-0.39, 0.29) is 12.5 Å². The van der Waals surface area contributed by atoms with Crippen LogP contribution in [-0.2, 0) is 11.3 Å². The number of hydrogen-bond acceptors (Lipinski definition) is 6. The number of aromatic nitrogens is 2. The molecule has 0 radical (unpaired) electrons. The molecule has 128 valence electrons. The second-order valence-electron chi connectivity index (χ2n) is 5.15. The van der Waals surface area contributed by atoms with Gasteiger partial charge in [0.1, 0.15) is 11.5 Å². The molecule has 2 aromatic heterocycles. The molecule has 3 aromatic rings. The van der Waals surface area contributed by atoms with Crippen molar-refractivity contribution in [3.63, 3.8) is 0 Å². The van der Waals surface area contributed by atoms with E-state index in [9.17, 15) is 4.79 Å². The molecule has 0 fully saturated rings. The van der Waals surface area contributed by atoms with Gasteiger partial charge in [-0.15, -0.1) is 11.3 Å². The van der Waals surface area contributed by atoms with Crippen LogP contribution in [0.1, 0.15) is 9.88 Å². The Labute approximate surface area is 149 Å². The van der Waals surface area contributed by atoms with Crippen molar-refractivity contribution in [2.75, 3.05) is 6.61 Å². The lowest BCUT2D eigenvalue weighted by molar-refractivity contribution is -0.123. The van der Waals surface area contributed by atoms with Gasteiger partial charge in [0.25, 0.3) is 5.91 Å². The van der Waals surface area contributed by atoms with E-state index in [0.717, 1.165) is 9.88 Å².